The van der Waals surface area contributed by atoms with E-state index in [0.29, 0.717) is 31.1 Å². The lowest BCUT2D eigenvalue weighted by atomic mass is 10.0. The number of carbonyl (C=O) groups is 1. The Morgan fingerprint density at radius 1 is 1.15 bits per heavy atom. The molecule has 2 aromatic rings. The first-order chi connectivity index (χ1) is 16.5. The quantitative estimate of drug-likeness (QED) is 0.701. The number of hydrogen-bond donors (Lipinski definition) is 1. The number of carbonyl (C=O) groups excluding carboxylic acids is 1. The predicted molar refractivity (Wildman–Crippen MR) is 127 cm³/mol. The second-order valence-corrected chi connectivity index (χ2v) is 9.37. The molecule has 5 rings (SSSR count). The van der Waals surface area contributed by atoms with Crippen molar-refractivity contribution in [3.8, 4) is 17.6 Å². The molecular formula is C26H32N4O4. The molecule has 8 heteroatoms. The molecule has 180 valence electrons. The van der Waals surface area contributed by atoms with Crippen LogP contribution in [0.2, 0.25) is 0 Å². The molecule has 0 aliphatic carbocycles. The van der Waals surface area contributed by atoms with Crippen LogP contribution in [0.25, 0.3) is 0 Å². The third-order valence-corrected chi connectivity index (χ3v) is 7.27. The van der Waals surface area contributed by atoms with Crippen molar-refractivity contribution >= 4 is 11.7 Å². The Morgan fingerprint density at radius 2 is 1.97 bits per heavy atom. The zero-order valence-corrected chi connectivity index (χ0v) is 19.9. The number of nitriles is 1. The summed E-state index contributed by atoms with van der Waals surface area (Å²) in [7, 11) is 0. The van der Waals surface area contributed by atoms with Crippen molar-refractivity contribution in [2.24, 2.45) is 0 Å². The molecule has 1 aromatic carbocycles. The minimum atomic E-state index is -0.105. The third kappa shape index (κ3) is 4.38. The van der Waals surface area contributed by atoms with E-state index in [1.807, 2.05) is 30.5 Å². The number of aromatic nitrogens is 1. The van der Waals surface area contributed by atoms with Gasteiger partial charge < -0.3 is 24.1 Å². The van der Waals surface area contributed by atoms with Gasteiger partial charge in [-0.25, -0.2) is 0 Å². The highest BCUT2D eigenvalue weighted by atomic mass is 16.6. The second kappa shape index (κ2) is 9.69. The molecule has 8 nitrogen and oxygen atoms in total. The number of ether oxygens (including phenoxy) is 3. The summed E-state index contributed by atoms with van der Waals surface area (Å²) in [5.41, 5.74) is 3.58. The van der Waals surface area contributed by atoms with Crippen LogP contribution in [0.5, 0.6) is 11.5 Å². The SMILES string of the molecule is Cc1c(C#N)c(NC(=O)CN2CCC[C@@H]2c2ccc3c(c2)OCCO3)n(C[C@@H]2CCCO2)c1C. The number of fused-ring (bicyclic) bond motifs is 1. The highest BCUT2D eigenvalue weighted by molar-refractivity contribution is 5.93. The molecule has 1 aromatic heterocycles. The maximum atomic E-state index is 13.2. The first kappa shape index (κ1) is 22.8. The summed E-state index contributed by atoms with van der Waals surface area (Å²) in [6, 6.07) is 8.53. The van der Waals surface area contributed by atoms with Crippen LogP contribution in [0.1, 0.15) is 54.1 Å². The molecule has 2 fully saturated rings. The van der Waals surface area contributed by atoms with E-state index >= 15 is 0 Å². The fraction of sp³-hybridized carbons (Fsp3) is 0.538. The number of likely N-dealkylation sites (tertiary alicyclic amines) is 1. The zero-order valence-electron chi connectivity index (χ0n) is 19.9. The molecule has 1 N–H and O–H groups in total. The van der Waals surface area contributed by atoms with E-state index in [-0.39, 0.29) is 24.6 Å². The fourth-order valence-corrected chi connectivity index (χ4v) is 5.37. The summed E-state index contributed by atoms with van der Waals surface area (Å²) >= 11 is 0. The summed E-state index contributed by atoms with van der Waals surface area (Å²) in [6.45, 7) is 7.60. The summed E-state index contributed by atoms with van der Waals surface area (Å²) in [5, 5.41) is 12.9. The normalized spacial score (nSPS) is 22.0. The zero-order chi connectivity index (χ0) is 23.7. The van der Waals surface area contributed by atoms with E-state index in [1.165, 1.54) is 0 Å². The summed E-state index contributed by atoms with van der Waals surface area (Å²) < 4.78 is 19.3. The van der Waals surface area contributed by atoms with Crippen molar-refractivity contribution in [3.05, 3.63) is 40.6 Å². The number of anilines is 1. The Balaban J connectivity index is 1.32. The van der Waals surface area contributed by atoms with E-state index in [9.17, 15) is 10.1 Å². The van der Waals surface area contributed by atoms with Gasteiger partial charge in [0.2, 0.25) is 5.91 Å². The molecule has 0 saturated carbocycles. The average Bonchev–Trinajstić information content (AvgIpc) is 3.57. The Hall–Kier alpha value is -3.02. The molecule has 34 heavy (non-hydrogen) atoms. The van der Waals surface area contributed by atoms with E-state index in [1.54, 1.807) is 0 Å². The van der Waals surface area contributed by atoms with Gasteiger partial charge in [-0.05, 0) is 69.3 Å². The molecule has 0 spiro atoms. The lowest BCUT2D eigenvalue weighted by molar-refractivity contribution is -0.117. The number of nitrogens with zero attached hydrogens (tertiary/aromatic N) is 3. The van der Waals surface area contributed by atoms with Crippen LogP contribution in [0.15, 0.2) is 18.2 Å². The molecule has 3 aliphatic heterocycles. The van der Waals surface area contributed by atoms with Crippen LogP contribution in [0.4, 0.5) is 5.82 Å². The lowest BCUT2D eigenvalue weighted by Gasteiger charge is -2.26. The van der Waals surface area contributed by atoms with Crippen LogP contribution in [0, 0.1) is 25.2 Å². The van der Waals surface area contributed by atoms with Gasteiger partial charge in [0.25, 0.3) is 0 Å². The largest absolute Gasteiger partial charge is 0.486 e. The van der Waals surface area contributed by atoms with Crippen LogP contribution >= 0.6 is 0 Å². The van der Waals surface area contributed by atoms with Crippen molar-refractivity contribution in [1.82, 2.24) is 9.47 Å². The van der Waals surface area contributed by atoms with E-state index in [0.717, 1.165) is 67.2 Å². The molecular weight excluding hydrogens is 432 g/mol. The highest BCUT2D eigenvalue weighted by Crippen LogP contribution is 2.38. The van der Waals surface area contributed by atoms with E-state index < -0.39 is 0 Å². The van der Waals surface area contributed by atoms with Crippen molar-refractivity contribution in [1.29, 1.82) is 5.26 Å². The minimum absolute atomic E-state index is 0.105. The van der Waals surface area contributed by atoms with E-state index in [4.69, 9.17) is 14.2 Å². The molecule has 2 atom stereocenters. The molecule has 2 saturated heterocycles. The molecule has 3 aliphatic rings. The molecule has 0 radical (unpaired) electrons. The lowest BCUT2D eigenvalue weighted by Crippen LogP contribution is -2.34. The fourth-order valence-electron chi connectivity index (χ4n) is 5.37. The maximum absolute atomic E-state index is 13.2. The standard InChI is InChI=1S/C26H32N4O4/c1-17-18(2)30(15-20-5-4-10-32-20)26(21(17)14-27)28-25(31)16-29-9-3-6-22(29)19-7-8-23-24(13-19)34-12-11-33-23/h7-8,13,20,22H,3-6,9-12,15-16H2,1-2H3,(H,28,31)/t20-,22+/m0/s1. The molecule has 1 amide bonds. The van der Waals surface area contributed by atoms with Gasteiger partial charge in [0, 0.05) is 18.3 Å². The highest BCUT2D eigenvalue weighted by Gasteiger charge is 2.30. The van der Waals surface area contributed by atoms with Crippen molar-refractivity contribution < 1.29 is 19.0 Å². The van der Waals surface area contributed by atoms with E-state index in [2.05, 4.69) is 22.4 Å². The van der Waals surface area contributed by atoms with Gasteiger partial charge >= 0.3 is 0 Å². The van der Waals surface area contributed by atoms with Crippen molar-refractivity contribution in [3.63, 3.8) is 0 Å². The Labute approximate surface area is 200 Å². The maximum Gasteiger partial charge on any atom is 0.239 e. The minimum Gasteiger partial charge on any atom is -0.486 e. The molecule has 4 heterocycles. The number of benzene rings is 1. The number of hydrogen-bond acceptors (Lipinski definition) is 6. The van der Waals surface area contributed by atoms with Gasteiger partial charge in [0.1, 0.15) is 25.1 Å². The van der Waals surface area contributed by atoms with Gasteiger partial charge in [0.15, 0.2) is 11.5 Å². The average molecular weight is 465 g/mol. The smallest absolute Gasteiger partial charge is 0.239 e. The Bertz CT molecular complexity index is 1110. The first-order valence-electron chi connectivity index (χ1n) is 12.2. The number of rotatable bonds is 6. The summed E-state index contributed by atoms with van der Waals surface area (Å²) in [6.07, 6.45) is 4.18. The Morgan fingerprint density at radius 3 is 2.74 bits per heavy atom. The van der Waals surface area contributed by atoms with Crippen molar-refractivity contribution in [2.75, 3.05) is 38.2 Å². The summed E-state index contributed by atoms with van der Waals surface area (Å²) in [4.78, 5) is 15.4. The van der Waals surface area contributed by atoms with Gasteiger partial charge in [-0.3, -0.25) is 9.69 Å². The molecule has 0 bridgehead atoms. The summed E-state index contributed by atoms with van der Waals surface area (Å²) in [5.74, 6) is 2.04. The van der Waals surface area contributed by atoms with Crippen LogP contribution in [-0.2, 0) is 16.1 Å². The van der Waals surface area contributed by atoms with Gasteiger partial charge in [-0.15, -0.1) is 0 Å². The number of amides is 1. The first-order valence-corrected chi connectivity index (χ1v) is 12.2. The van der Waals surface area contributed by atoms with Crippen LogP contribution in [0.3, 0.4) is 0 Å². The predicted octanol–water partition coefficient (Wildman–Crippen LogP) is 3.70. The van der Waals surface area contributed by atoms with Crippen LogP contribution < -0.4 is 14.8 Å². The number of nitrogens with one attached hydrogen (secondary N) is 1. The topological polar surface area (TPSA) is 88.8 Å². The van der Waals surface area contributed by atoms with Gasteiger partial charge in [-0.2, -0.15) is 5.26 Å². The van der Waals surface area contributed by atoms with Crippen LogP contribution in [-0.4, -0.2) is 54.4 Å². The monoisotopic (exact) mass is 464 g/mol. The third-order valence-electron chi connectivity index (χ3n) is 7.27. The van der Waals surface area contributed by atoms with Crippen molar-refractivity contribution in [2.45, 2.75) is 58.2 Å². The van der Waals surface area contributed by atoms with Gasteiger partial charge in [0.05, 0.1) is 24.8 Å². The van der Waals surface area contributed by atoms with Gasteiger partial charge in [-0.1, -0.05) is 6.07 Å². The second-order valence-electron chi connectivity index (χ2n) is 9.37. The molecule has 0 unspecified atom stereocenters. The Kier molecular flexibility index (Phi) is 6.48.